The molecular formula is C17H17Cl2N3O4. The number of hydrogen-bond donors (Lipinski definition) is 4. The van der Waals surface area contributed by atoms with Gasteiger partial charge < -0.3 is 25.4 Å². The Hall–Kier alpha value is -2.38. The lowest BCUT2D eigenvalue weighted by Gasteiger charge is -2.32. The highest BCUT2D eigenvalue weighted by Crippen LogP contribution is 2.26. The highest BCUT2D eigenvalue weighted by Gasteiger charge is 2.25. The van der Waals surface area contributed by atoms with E-state index in [1.807, 2.05) is 0 Å². The number of amides is 2. The lowest BCUT2D eigenvalue weighted by molar-refractivity contribution is 0.0697. The first-order valence-corrected chi connectivity index (χ1v) is 8.77. The Morgan fingerprint density at radius 1 is 1.12 bits per heavy atom. The summed E-state index contributed by atoms with van der Waals surface area (Å²) in [5.74, 6) is -1.13. The van der Waals surface area contributed by atoms with Crippen LogP contribution in [0.3, 0.4) is 0 Å². The van der Waals surface area contributed by atoms with Crippen molar-refractivity contribution in [3.63, 3.8) is 0 Å². The van der Waals surface area contributed by atoms with Crippen molar-refractivity contribution in [2.24, 2.45) is 0 Å². The third-order valence-corrected chi connectivity index (χ3v) is 5.00. The van der Waals surface area contributed by atoms with E-state index >= 15 is 0 Å². The Morgan fingerprint density at radius 3 is 2.38 bits per heavy atom. The largest absolute Gasteiger partial charge is 0.504 e. The molecule has 1 aliphatic heterocycles. The van der Waals surface area contributed by atoms with Crippen LogP contribution in [0.2, 0.25) is 10.2 Å². The van der Waals surface area contributed by atoms with Gasteiger partial charge in [-0.15, -0.1) is 0 Å². The van der Waals surface area contributed by atoms with Crippen molar-refractivity contribution in [3.05, 3.63) is 45.7 Å². The molecule has 138 valence electrons. The molecule has 0 saturated carbocycles. The number of nitrogens with one attached hydrogen (secondary N) is 2. The molecule has 4 N–H and O–H groups in total. The van der Waals surface area contributed by atoms with Crippen LogP contribution in [0.4, 0.5) is 0 Å². The standard InChI is InChI=1S/C17H17Cl2N3O4/c18-11-8-12(21-15(11)19)16(25)20-10-3-5-22(6-4-10)17(26)9-1-2-13(23)14(24)7-9/h1-2,7-8,10,21,23-24H,3-6H2,(H,20,25). The summed E-state index contributed by atoms with van der Waals surface area (Å²) < 4.78 is 0. The van der Waals surface area contributed by atoms with E-state index in [2.05, 4.69) is 10.3 Å². The molecule has 0 atom stereocenters. The molecule has 2 aromatic rings. The molecule has 3 rings (SSSR count). The molecule has 1 aliphatic rings. The van der Waals surface area contributed by atoms with Gasteiger partial charge in [-0.1, -0.05) is 23.2 Å². The number of phenols is 2. The van der Waals surface area contributed by atoms with E-state index in [1.165, 1.54) is 24.3 Å². The fourth-order valence-electron chi connectivity index (χ4n) is 2.86. The number of phenolic OH excluding ortho intramolecular Hbond substituents is 2. The van der Waals surface area contributed by atoms with E-state index < -0.39 is 0 Å². The van der Waals surface area contributed by atoms with E-state index in [0.717, 1.165) is 0 Å². The number of carbonyl (C=O) groups excluding carboxylic acids is 2. The predicted octanol–water partition coefficient (Wildman–Crippen LogP) is 2.77. The van der Waals surface area contributed by atoms with Crippen LogP contribution in [0.25, 0.3) is 0 Å². The minimum absolute atomic E-state index is 0.0689. The molecule has 9 heteroatoms. The number of piperidine rings is 1. The summed E-state index contributed by atoms with van der Waals surface area (Å²) in [4.78, 5) is 29.0. The molecule has 0 radical (unpaired) electrons. The number of aromatic nitrogens is 1. The van der Waals surface area contributed by atoms with Gasteiger partial charge in [-0.2, -0.15) is 0 Å². The summed E-state index contributed by atoms with van der Waals surface area (Å²) in [6, 6.07) is 5.38. The van der Waals surface area contributed by atoms with Crippen molar-refractivity contribution < 1.29 is 19.8 Å². The average Bonchev–Trinajstić information content (AvgIpc) is 2.96. The van der Waals surface area contributed by atoms with Gasteiger partial charge in [0, 0.05) is 24.7 Å². The van der Waals surface area contributed by atoms with Crippen LogP contribution in [-0.2, 0) is 0 Å². The number of H-pyrrole nitrogens is 1. The van der Waals surface area contributed by atoms with E-state index in [-0.39, 0.29) is 45.2 Å². The average molecular weight is 398 g/mol. The van der Waals surface area contributed by atoms with Gasteiger partial charge in [-0.05, 0) is 37.1 Å². The summed E-state index contributed by atoms with van der Waals surface area (Å²) in [7, 11) is 0. The van der Waals surface area contributed by atoms with Crippen LogP contribution in [0.1, 0.15) is 33.7 Å². The van der Waals surface area contributed by atoms with Crippen LogP contribution < -0.4 is 5.32 Å². The Bertz CT molecular complexity index is 825. The first kappa shape index (κ1) is 18.4. The molecule has 1 aromatic heterocycles. The quantitative estimate of drug-likeness (QED) is 0.597. The maximum absolute atomic E-state index is 12.5. The molecule has 1 fully saturated rings. The van der Waals surface area contributed by atoms with Crippen LogP contribution in [0, 0.1) is 0 Å². The summed E-state index contributed by atoms with van der Waals surface area (Å²) in [5, 5.41) is 22.3. The first-order chi connectivity index (χ1) is 12.3. The number of rotatable bonds is 3. The van der Waals surface area contributed by atoms with Gasteiger partial charge in [0.15, 0.2) is 11.5 Å². The van der Waals surface area contributed by atoms with Gasteiger partial charge in [0.05, 0.1) is 5.02 Å². The molecule has 2 heterocycles. The summed E-state index contributed by atoms with van der Waals surface area (Å²) in [6.07, 6.45) is 1.20. The fraction of sp³-hybridized carbons (Fsp3) is 0.294. The minimum Gasteiger partial charge on any atom is -0.504 e. The number of likely N-dealkylation sites (tertiary alicyclic amines) is 1. The number of carbonyl (C=O) groups is 2. The van der Waals surface area contributed by atoms with Crippen LogP contribution >= 0.6 is 23.2 Å². The molecule has 0 spiro atoms. The molecule has 1 saturated heterocycles. The first-order valence-electron chi connectivity index (χ1n) is 8.01. The zero-order valence-electron chi connectivity index (χ0n) is 13.6. The number of aromatic amines is 1. The third kappa shape index (κ3) is 3.89. The van der Waals surface area contributed by atoms with Crippen molar-refractivity contribution in [3.8, 4) is 11.5 Å². The number of benzene rings is 1. The van der Waals surface area contributed by atoms with Crippen molar-refractivity contribution in [1.29, 1.82) is 0 Å². The van der Waals surface area contributed by atoms with Crippen molar-refractivity contribution in [2.75, 3.05) is 13.1 Å². The summed E-state index contributed by atoms with van der Waals surface area (Å²) >= 11 is 11.6. The Balaban J connectivity index is 1.56. The van der Waals surface area contributed by atoms with Crippen LogP contribution in [0.15, 0.2) is 24.3 Å². The molecule has 0 aliphatic carbocycles. The summed E-state index contributed by atoms with van der Waals surface area (Å²) in [5.41, 5.74) is 0.594. The van der Waals surface area contributed by atoms with Gasteiger partial charge in [0.1, 0.15) is 10.8 Å². The highest BCUT2D eigenvalue weighted by molar-refractivity contribution is 6.41. The van der Waals surface area contributed by atoms with Crippen LogP contribution in [0.5, 0.6) is 11.5 Å². The molecule has 2 amide bonds. The van der Waals surface area contributed by atoms with E-state index in [4.69, 9.17) is 23.2 Å². The SMILES string of the molecule is O=C(NC1CCN(C(=O)c2ccc(O)c(O)c2)CC1)c1cc(Cl)c(Cl)[nH]1. The molecule has 7 nitrogen and oxygen atoms in total. The maximum Gasteiger partial charge on any atom is 0.268 e. The predicted molar refractivity (Wildman–Crippen MR) is 97.0 cm³/mol. The Morgan fingerprint density at radius 2 is 1.81 bits per heavy atom. The molecule has 1 aromatic carbocycles. The smallest absolute Gasteiger partial charge is 0.268 e. The van der Waals surface area contributed by atoms with Gasteiger partial charge >= 0.3 is 0 Å². The summed E-state index contributed by atoms with van der Waals surface area (Å²) in [6.45, 7) is 0.940. The zero-order chi connectivity index (χ0) is 18.8. The Kier molecular flexibility index (Phi) is 5.29. The van der Waals surface area contributed by atoms with Crippen LogP contribution in [-0.4, -0.2) is 51.0 Å². The van der Waals surface area contributed by atoms with E-state index in [9.17, 15) is 19.8 Å². The van der Waals surface area contributed by atoms with Gasteiger partial charge in [-0.25, -0.2) is 0 Å². The second-order valence-electron chi connectivity index (χ2n) is 6.09. The van der Waals surface area contributed by atoms with Gasteiger partial charge in [-0.3, -0.25) is 9.59 Å². The monoisotopic (exact) mass is 397 g/mol. The third-order valence-electron chi connectivity index (χ3n) is 4.31. The van der Waals surface area contributed by atoms with Gasteiger partial charge in [0.2, 0.25) is 0 Å². The number of nitrogens with zero attached hydrogens (tertiary/aromatic N) is 1. The number of halogens is 2. The normalized spacial score (nSPS) is 15.1. The second kappa shape index (κ2) is 7.47. The molecule has 26 heavy (non-hydrogen) atoms. The topological polar surface area (TPSA) is 106 Å². The van der Waals surface area contributed by atoms with Gasteiger partial charge in [0.25, 0.3) is 11.8 Å². The van der Waals surface area contributed by atoms with E-state index in [1.54, 1.807) is 4.90 Å². The van der Waals surface area contributed by atoms with E-state index in [0.29, 0.717) is 31.5 Å². The molecular weight excluding hydrogens is 381 g/mol. The number of aromatic hydroxyl groups is 2. The highest BCUT2D eigenvalue weighted by atomic mass is 35.5. The van der Waals surface area contributed by atoms with Crippen molar-refractivity contribution in [1.82, 2.24) is 15.2 Å². The second-order valence-corrected chi connectivity index (χ2v) is 6.87. The molecule has 0 bridgehead atoms. The fourth-order valence-corrected chi connectivity index (χ4v) is 3.17. The van der Waals surface area contributed by atoms with Crippen molar-refractivity contribution in [2.45, 2.75) is 18.9 Å². The lowest BCUT2D eigenvalue weighted by atomic mass is 10.0. The lowest BCUT2D eigenvalue weighted by Crippen LogP contribution is -2.46. The minimum atomic E-state index is -0.332. The zero-order valence-corrected chi connectivity index (χ0v) is 15.1. The van der Waals surface area contributed by atoms with Crippen molar-refractivity contribution >= 4 is 35.0 Å². The Labute approximate surface area is 159 Å². The maximum atomic E-state index is 12.5. The molecule has 0 unspecified atom stereocenters. The number of hydrogen-bond acceptors (Lipinski definition) is 4.